The van der Waals surface area contributed by atoms with E-state index >= 15 is 0 Å². The number of carbonyl (C=O) groups is 1. The van der Waals surface area contributed by atoms with Crippen molar-refractivity contribution < 1.29 is 4.79 Å². The molecule has 0 unspecified atom stereocenters. The summed E-state index contributed by atoms with van der Waals surface area (Å²) < 4.78 is 1.99. The molecule has 1 aromatic heterocycles. The molecule has 29 heavy (non-hydrogen) atoms. The fourth-order valence-electron chi connectivity index (χ4n) is 3.64. The minimum Gasteiger partial charge on any atom is -0.339 e. The first-order chi connectivity index (χ1) is 14.1. The van der Waals surface area contributed by atoms with Crippen molar-refractivity contribution in [2.75, 3.05) is 12.3 Å². The molecule has 0 spiro atoms. The van der Waals surface area contributed by atoms with Crippen LogP contribution in [0.5, 0.6) is 0 Å². The SMILES string of the molecule is C[C@@H]1CCCCN1C(=O)CSc1nnc(-c2ccccc2)n1-c1ccc(Cl)cc1. The van der Waals surface area contributed by atoms with Crippen molar-refractivity contribution in [3.63, 3.8) is 0 Å². The van der Waals surface area contributed by atoms with Crippen LogP contribution in [-0.2, 0) is 4.79 Å². The molecule has 3 aromatic rings. The number of benzene rings is 2. The molecule has 1 fully saturated rings. The van der Waals surface area contributed by atoms with Gasteiger partial charge in [-0.1, -0.05) is 53.7 Å². The van der Waals surface area contributed by atoms with E-state index in [9.17, 15) is 4.79 Å². The second-order valence-corrected chi connectivity index (χ2v) is 8.58. The Hall–Kier alpha value is -2.31. The third kappa shape index (κ3) is 4.49. The molecule has 1 amide bonds. The average molecular weight is 427 g/mol. The van der Waals surface area contributed by atoms with Gasteiger partial charge in [-0.25, -0.2) is 0 Å². The monoisotopic (exact) mass is 426 g/mol. The number of aromatic nitrogens is 3. The van der Waals surface area contributed by atoms with Crippen LogP contribution in [0.15, 0.2) is 59.8 Å². The maximum atomic E-state index is 12.8. The van der Waals surface area contributed by atoms with E-state index in [1.807, 2.05) is 64.1 Å². The number of piperidine rings is 1. The zero-order chi connectivity index (χ0) is 20.2. The third-order valence-electron chi connectivity index (χ3n) is 5.20. The van der Waals surface area contributed by atoms with E-state index in [4.69, 9.17) is 11.6 Å². The van der Waals surface area contributed by atoms with Crippen LogP contribution in [0.4, 0.5) is 0 Å². The van der Waals surface area contributed by atoms with Gasteiger partial charge >= 0.3 is 0 Å². The Balaban J connectivity index is 1.62. The summed E-state index contributed by atoms with van der Waals surface area (Å²) in [6.45, 7) is 2.98. The van der Waals surface area contributed by atoms with Gasteiger partial charge in [0.2, 0.25) is 5.91 Å². The first kappa shape index (κ1) is 20.0. The zero-order valence-electron chi connectivity index (χ0n) is 16.3. The van der Waals surface area contributed by atoms with Crippen molar-refractivity contribution in [3.05, 3.63) is 59.6 Å². The van der Waals surface area contributed by atoms with E-state index in [0.29, 0.717) is 22.0 Å². The molecule has 5 nitrogen and oxygen atoms in total. The molecule has 4 rings (SSSR count). The highest BCUT2D eigenvalue weighted by molar-refractivity contribution is 7.99. The zero-order valence-corrected chi connectivity index (χ0v) is 17.9. The molecule has 150 valence electrons. The highest BCUT2D eigenvalue weighted by atomic mass is 35.5. The van der Waals surface area contributed by atoms with Crippen LogP contribution in [0.1, 0.15) is 26.2 Å². The van der Waals surface area contributed by atoms with Crippen molar-refractivity contribution in [2.24, 2.45) is 0 Å². The lowest BCUT2D eigenvalue weighted by atomic mass is 10.0. The van der Waals surface area contributed by atoms with E-state index in [1.54, 1.807) is 0 Å². The van der Waals surface area contributed by atoms with Crippen LogP contribution in [0.3, 0.4) is 0 Å². The Kier molecular flexibility index (Phi) is 6.21. The first-order valence-electron chi connectivity index (χ1n) is 9.82. The number of hydrogen-bond donors (Lipinski definition) is 0. The van der Waals surface area contributed by atoms with Crippen LogP contribution in [0.2, 0.25) is 5.02 Å². The van der Waals surface area contributed by atoms with Crippen molar-refractivity contribution in [3.8, 4) is 17.1 Å². The summed E-state index contributed by atoms with van der Waals surface area (Å²) in [5.41, 5.74) is 1.89. The lowest BCUT2D eigenvalue weighted by molar-refractivity contribution is -0.131. The summed E-state index contributed by atoms with van der Waals surface area (Å²) in [4.78, 5) is 14.8. The molecule has 1 atom stereocenters. The van der Waals surface area contributed by atoms with Crippen LogP contribution in [-0.4, -0.2) is 43.9 Å². The third-order valence-corrected chi connectivity index (χ3v) is 6.36. The molecular weight excluding hydrogens is 404 g/mol. The number of nitrogens with zero attached hydrogens (tertiary/aromatic N) is 4. The predicted octanol–water partition coefficient (Wildman–Crippen LogP) is 5.08. The predicted molar refractivity (Wildman–Crippen MR) is 118 cm³/mol. The summed E-state index contributed by atoms with van der Waals surface area (Å²) in [5, 5.41) is 10.2. The number of thioether (sulfide) groups is 1. The minimum atomic E-state index is 0.161. The van der Waals surface area contributed by atoms with Crippen LogP contribution >= 0.6 is 23.4 Å². The van der Waals surface area contributed by atoms with Gasteiger partial charge in [-0.3, -0.25) is 9.36 Å². The summed E-state index contributed by atoms with van der Waals surface area (Å²) in [5.74, 6) is 1.26. The molecule has 0 radical (unpaired) electrons. The van der Waals surface area contributed by atoms with Crippen molar-refractivity contribution in [1.29, 1.82) is 0 Å². The fourth-order valence-corrected chi connectivity index (χ4v) is 4.60. The van der Waals surface area contributed by atoms with Crippen LogP contribution in [0.25, 0.3) is 17.1 Å². The Bertz CT molecular complexity index is 974. The van der Waals surface area contributed by atoms with Gasteiger partial charge in [-0.05, 0) is 50.5 Å². The van der Waals surface area contributed by atoms with E-state index < -0.39 is 0 Å². The van der Waals surface area contributed by atoms with Gasteiger partial charge < -0.3 is 4.90 Å². The summed E-state index contributed by atoms with van der Waals surface area (Å²) >= 11 is 7.51. The number of amides is 1. The van der Waals surface area contributed by atoms with E-state index in [1.165, 1.54) is 18.2 Å². The lowest BCUT2D eigenvalue weighted by Crippen LogP contribution is -2.42. The number of halogens is 1. The smallest absolute Gasteiger partial charge is 0.233 e. The van der Waals surface area contributed by atoms with E-state index in [0.717, 1.165) is 36.5 Å². The van der Waals surface area contributed by atoms with Gasteiger partial charge in [0.1, 0.15) is 0 Å². The topological polar surface area (TPSA) is 51.0 Å². The van der Waals surface area contributed by atoms with Gasteiger partial charge in [0.15, 0.2) is 11.0 Å². The van der Waals surface area contributed by atoms with Gasteiger partial charge in [-0.15, -0.1) is 10.2 Å². The highest BCUT2D eigenvalue weighted by Crippen LogP contribution is 2.29. The molecule has 2 heterocycles. The lowest BCUT2D eigenvalue weighted by Gasteiger charge is -2.33. The van der Waals surface area contributed by atoms with Crippen LogP contribution < -0.4 is 0 Å². The van der Waals surface area contributed by atoms with E-state index in [2.05, 4.69) is 17.1 Å². The van der Waals surface area contributed by atoms with Gasteiger partial charge in [-0.2, -0.15) is 0 Å². The maximum Gasteiger partial charge on any atom is 0.233 e. The van der Waals surface area contributed by atoms with Crippen molar-refractivity contribution in [1.82, 2.24) is 19.7 Å². The average Bonchev–Trinajstić information content (AvgIpc) is 3.17. The second kappa shape index (κ2) is 9.01. The molecule has 1 saturated heterocycles. The highest BCUT2D eigenvalue weighted by Gasteiger charge is 2.24. The van der Waals surface area contributed by atoms with E-state index in [-0.39, 0.29) is 5.91 Å². The van der Waals surface area contributed by atoms with Crippen molar-refractivity contribution in [2.45, 2.75) is 37.4 Å². The maximum absolute atomic E-state index is 12.8. The molecule has 2 aromatic carbocycles. The summed E-state index contributed by atoms with van der Waals surface area (Å²) in [7, 11) is 0. The Morgan fingerprint density at radius 2 is 1.86 bits per heavy atom. The molecular formula is C22H23ClN4OS. The minimum absolute atomic E-state index is 0.161. The Morgan fingerprint density at radius 3 is 2.59 bits per heavy atom. The standard InChI is InChI=1S/C22H23ClN4OS/c1-16-7-5-6-14-26(16)20(28)15-29-22-25-24-21(17-8-3-2-4-9-17)27(22)19-12-10-18(23)11-13-19/h2-4,8-13,16H,5-7,14-15H2,1H3/t16-/m1/s1. The largest absolute Gasteiger partial charge is 0.339 e. The number of hydrogen-bond acceptors (Lipinski definition) is 4. The van der Waals surface area contributed by atoms with Gasteiger partial charge in [0.25, 0.3) is 0 Å². The molecule has 0 N–H and O–H groups in total. The summed E-state index contributed by atoms with van der Waals surface area (Å²) in [6, 6.07) is 17.8. The second-order valence-electron chi connectivity index (χ2n) is 7.20. The number of carbonyl (C=O) groups excluding carboxylic acids is 1. The molecule has 0 aliphatic carbocycles. The number of likely N-dealkylation sites (tertiary alicyclic amines) is 1. The van der Waals surface area contributed by atoms with Crippen LogP contribution in [0, 0.1) is 0 Å². The molecule has 1 aliphatic heterocycles. The molecule has 1 aliphatic rings. The number of rotatable bonds is 5. The molecule has 7 heteroatoms. The molecule has 0 bridgehead atoms. The fraction of sp³-hybridized carbons (Fsp3) is 0.318. The van der Waals surface area contributed by atoms with Gasteiger partial charge in [0, 0.05) is 28.9 Å². The normalized spacial score (nSPS) is 16.8. The Labute approximate surface area is 180 Å². The quantitative estimate of drug-likeness (QED) is 0.534. The molecule has 0 saturated carbocycles. The van der Waals surface area contributed by atoms with Crippen molar-refractivity contribution >= 4 is 29.3 Å². The first-order valence-corrected chi connectivity index (χ1v) is 11.2. The van der Waals surface area contributed by atoms with Gasteiger partial charge in [0.05, 0.1) is 5.75 Å². The Morgan fingerprint density at radius 1 is 1.10 bits per heavy atom. The summed E-state index contributed by atoms with van der Waals surface area (Å²) in [6.07, 6.45) is 3.36.